The lowest BCUT2D eigenvalue weighted by Crippen LogP contribution is -2.50. The van der Waals surface area contributed by atoms with Gasteiger partial charge in [-0.1, -0.05) is 6.92 Å². The number of nitrogens with one attached hydrogen (secondary N) is 1. The number of aromatic amines is 1. The summed E-state index contributed by atoms with van der Waals surface area (Å²) in [7, 11) is 0. The van der Waals surface area contributed by atoms with Gasteiger partial charge in [-0.15, -0.1) is 5.10 Å². The fourth-order valence-corrected chi connectivity index (χ4v) is 2.00. The second-order valence-electron chi connectivity index (χ2n) is 4.42. The zero-order chi connectivity index (χ0) is 13.1. The molecule has 2 heterocycles. The first kappa shape index (κ1) is 13.0. The Hall–Kier alpha value is -1.47. The van der Waals surface area contributed by atoms with Gasteiger partial charge in [0.1, 0.15) is 5.82 Å². The van der Waals surface area contributed by atoms with Crippen LogP contribution in [0.25, 0.3) is 0 Å². The van der Waals surface area contributed by atoms with Gasteiger partial charge in [-0.05, 0) is 6.92 Å². The monoisotopic (exact) mass is 254 g/mol. The summed E-state index contributed by atoms with van der Waals surface area (Å²) < 4.78 is 5.49. The standard InChI is InChI=1S/C11H18N4O3/c1-3-9-12-10(14-13-9)11(17)15-4-7(2)18-8(5-15)6-16/h7-8,16H,3-6H2,1-2H3,(H,12,13,14). The van der Waals surface area contributed by atoms with E-state index in [2.05, 4.69) is 15.2 Å². The number of nitrogens with zero attached hydrogens (tertiary/aromatic N) is 3. The Balaban J connectivity index is 2.07. The van der Waals surface area contributed by atoms with Gasteiger partial charge in [0, 0.05) is 19.5 Å². The van der Waals surface area contributed by atoms with E-state index in [0.29, 0.717) is 25.3 Å². The van der Waals surface area contributed by atoms with E-state index in [9.17, 15) is 4.79 Å². The number of amides is 1. The molecule has 0 bridgehead atoms. The SMILES string of the molecule is CCc1nc(C(=O)N2CC(C)OC(CO)C2)n[nH]1. The predicted molar refractivity (Wildman–Crippen MR) is 63.1 cm³/mol. The molecule has 2 rings (SSSR count). The highest BCUT2D eigenvalue weighted by Crippen LogP contribution is 2.13. The largest absolute Gasteiger partial charge is 0.394 e. The first-order valence-electron chi connectivity index (χ1n) is 6.11. The van der Waals surface area contributed by atoms with Crippen LogP contribution in [-0.4, -0.2) is 63.0 Å². The van der Waals surface area contributed by atoms with Crippen molar-refractivity contribution < 1.29 is 14.6 Å². The maximum absolute atomic E-state index is 12.2. The van der Waals surface area contributed by atoms with Gasteiger partial charge < -0.3 is 14.7 Å². The zero-order valence-corrected chi connectivity index (χ0v) is 10.6. The highest BCUT2D eigenvalue weighted by atomic mass is 16.5. The van der Waals surface area contributed by atoms with Crippen molar-refractivity contribution in [1.82, 2.24) is 20.1 Å². The molecule has 18 heavy (non-hydrogen) atoms. The van der Waals surface area contributed by atoms with Gasteiger partial charge in [0.15, 0.2) is 0 Å². The van der Waals surface area contributed by atoms with Gasteiger partial charge in [0.05, 0.1) is 18.8 Å². The molecule has 2 N–H and O–H groups in total. The second-order valence-corrected chi connectivity index (χ2v) is 4.42. The highest BCUT2D eigenvalue weighted by molar-refractivity contribution is 5.90. The molecule has 1 aliphatic heterocycles. The molecule has 0 aromatic carbocycles. The van der Waals surface area contributed by atoms with Crippen molar-refractivity contribution in [2.75, 3.05) is 19.7 Å². The zero-order valence-electron chi connectivity index (χ0n) is 10.6. The third-order valence-corrected chi connectivity index (χ3v) is 2.88. The van der Waals surface area contributed by atoms with Crippen molar-refractivity contribution in [3.05, 3.63) is 11.6 Å². The summed E-state index contributed by atoms with van der Waals surface area (Å²) in [6, 6.07) is 0. The van der Waals surface area contributed by atoms with E-state index >= 15 is 0 Å². The molecule has 1 aliphatic rings. The minimum Gasteiger partial charge on any atom is -0.394 e. The van der Waals surface area contributed by atoms with Crippen molar-refractivity contribution in [3.63, 3.8) is 0 Å². The molecule has 1 fully saturated rings. The van der Waals surface area contributed by atoms with E-state index in [1.807, 2.05) is 13.8 Å². The number of hydrogen-bond donors (Lipinski definition) is 2. The molecule has 1 aromatic rings. The van der Waals surface area contributed by atoms with E-state index in [1.54, 1.807) is 4.90 Å². The first-order chi connectivity index (χ1) is 8.63. The van der Waals surface area contributed by atoms with Crippen molar-refractivity contribution in [1.29, 1.82) is 0 Å². The first-order valence-corrected chi connectivity index (χ1v) is 6.11. The average Bonchev–Trinajstić information content (AvgIpc) is 2.85. The van der Waals surface area contributed by atoms with Crippen LogP contribution in [0.3, 0.4) is 0 Å². The van der Waals surface area contributed by atoms with Crippen molar-refractivity contribution >= 4 is 5.91 Å². The minimum atomic E-state index is -0.331. The number of hydrogen-bond acceptors (Lipinski definition) is 5. The third-order valence-electron chi connectivity index (χ3n) is 2.88. The Morgan fingerprint density at radius 2 is 2.39 bits per heavy atom. The molecule has 1 saturated heterocycles. The summed E-state index contributed by atoms with van der Waals surface area (Å²) in [4.78, 5) is 17.9. The molecule has 0 aliphatic carbocycles. The van der Waals surface area contributed by atoms with Crippen LogP contribution in [0.4, 0.5) is 0 Å². The summed E-state index contributed by atoms with van der Waals surface area (Å²) in [5, 5.41) is 15.8. The van der Waals surface area contributed by atoms with Crippen molar-refractivity contribution in [2.24, 2.45) is 0 Å². The highest BCUT2D eigenvalue weighted by Gasteiger charge is 2.30. The Kier molecular flexibility index (Phi) is 3.93. The van der Waals surface area contributed by atoms with Gasteiger partial charge >= 0.3 is 0 Å². The van der Waals surface area contributed by atoms with Crippen molar-refractivity contribution in [2.45, 2.75) is 32.5 Å². The van der Waals surface area contributed by atoms with E-state index in [1.165, 1.54) is 0 Å². The molecule has 1 aromatic heterocycles. The van der Waals surface area contributed by atoms with Crippen LogP contribution in [0.2, 0.25) is 0 Å². The van der Waals surface area contributed by atoms with Crippen LogP contribution >= 0.6 is 0 Å². The van der Waals surface area contributed by atoms with Crippen LogP contribution in [0.5, 0.6) is 0 Å². The number of carbonyl (C=O) groups is 1. The van der Waals surface area contributed by atoms with Crippen LogP contribution in [0, 0.1) is 0 Å². The topological polar surface area (TPSA) is 91.3 Å². The molecule has 7 heteroatoms. The molecule has 2 atom stereocenters. The molecule has 0 spiro atoms. The van der Waals surface area contributed by atoms with Crippen LogP contribution in [0.1, 0.15) is 30.3 Å². The molecule has 7 nitrogen and oxygen atoms in total. The molecule has 0 saturated carbocycles. The number of ether oxygens (including phenoxy) is 1. The Bertz CT molecular complexity index is 420. The number of rotatable bonds is 3. The van der Waals surface area contributed by atoms with Crippen LogP contribution < -0.4 is 0 Å². The normalized spacial score (nSPS) is 24.3. The summed E-state index contributed by atoms with van der Waals surface area (Å²) in [5.41, 5.74) is 0. The molecule has 0 radical (unpaired) electrons. The molecular formula is C11H18N4O3. The number of carbonyl (C=O) groups excluding carboxylic acids is 1. The molecule has 100 valence electrons. The maximum atomic E-state index is 12.2. The average molecular weight is 254 g/mol. The summed E-state index contributed by atoms with van der Waals surface area (Å²) in [6.45, 7) is 4.58. The minimum absolute atomic E-state index is 0.0931. The summed E-state index contributed by atoms with van der Waals surface area (Å²) >= 11 is 0. The lowest BCUT2D eigenvalue weighted by atomic mass is 10.2. The lowest BCUT2D eigenvalue weighted by Gasteiger charge is -2.35. The number of aryl methyl sites for hydroxylation is 1. The number of aliphatic hydroxyl groups is 1. The maximum Gasteiger partial charge on any atom is 0.293 e. The van der Waals surface area contributed by atoms with Crippen molar-refractivity contribution in [3.8, 4) is 0 Å². The fourth-order valence-electron chi connectivity index (χ4n) is 2.00. The van der Waals surface area contributed by atoms with E-state index < -0.39 is 0 Å². The van der Waals surface area contributed by atoms with Gasteiger partial charge in [0.2, 0.25) is 5.82 Å². The van der Waals surface area contributed by atoms with Gasteiger partial charge in [-0.25, -0.2) is 4.98 Å². The van der Waals surface area contributed by atoms with Crippen LogP contribution in [-0.2, 0) is 11.2 Å². The van der Waals surface area contributed by atoms with Crippen LogP contribution in [0.15, 0.2) is 0 Å². The summed E-state index contributed by atoms with van der Waals surface area (Å²) in [5.74, 6) is 0.649. The predicted octanol–water partition coefficient (Wildman–Crippen LogP) is -0.411. The fraction of sp³-hybridized carbons (Fsp3) is 0.727. The Morgan fingerprint density at radius 1 is 1.61 bits per heavy atom. The molecule has 2 unspecified atom stereocenters. The molecule has 1 amide bonds. The molecular weight excluding hydrogens is 236 g/mol. The quantitative estimate of drug-likeness (QED) is 0.765. The van der Waals surface area contributed by atoms with Gasteiger partial charge in [0.25, 0.3) is 5.91 Å². The van der Waals surface area contributed by atoms with E-state index in [4.69, 9.17) is 9.84 Å². The Morgan fingerprint density at radius 3 is 3.00 bits per heavy atom. The Labute approximate surface area is 105 Å². The van der Waals surface area contributed by atoms with Gasteiger partial charge in [-0.2, -0.15) is 0 Å². The second kappa shape index (κ2) is 5.45. The summed E-state index contributed by atoms with van der Waals surface area (Å²) in [6.07, 6.45) is 0.283. The third kappa shape index (κ3) is 2.68. The lowest BCUT2D eigenvalue weighted by molar-refractivity contribution is -0.0860. The van der Waals surface area contributed by atoms with E-state index in [-0.39, 0.29) is 30.5 Å². The number of morpholine rings is 1. The number of H-pyrrole nitrogens is 1. The smallest absolute Gasteiger partial charge is 0.293 e. The number of aromatic nitrogens is 3. The van der Waals surface area contributed by atoms with Gasteiger partial charge in [-0.3, -0.25) is 9.89 Å². The van der Waals surface area contributed by atoms with E-state index in [0.717, 1.165) is 0 Å². The number of aliphatic hydroxyl groups excluding tert-OH is 1.